The van der Waals surface area contributed by atoms with E-state index in [9.17, 15) is 31.9 Å². The van der Waals surface area contributed by atoms with Crippen LogP contribution in [0.3, 0.4) is 0 Å². The fourth-order valence-electron chi connectivity index (χ4n) is 3.25. The molecule has 0 fully saturated rings. The number of carboxylic acid groups (broad SMARTS) is 1. The predicted molar refractivity (Wildman–Crippen MR) is 120 cm³/mol. The summed E-state index contributed by atoms with van der Waals surface area (Å²) in [5.74, 6) is -5.01. The van der Waals surface area contributed by atoms with E-state index in [1.54, 1.807) is 12.1 Å². The van der Waals surface area contributed by atoms with Crippen LogP contribution in [0, 0.1) is 11.6 Å². The zero-order chi connectivity index (χ0) is 25.3. The Hall–Kier alpha value is -3.90. The van der Waals surface area contributed by atoms with Gasteiger partial charge in [-0.1, -0.05) is 35.9 Å². The highest BCUT2D eigenvalue weighted by Gasteiger charge is 2.26. The number of nitrogens with one attached hydrogen (secondary N) is 1. The second-order valence-electron chi connectivity index (χ2n) is 7.36. The van der Waals surface area contributed by atoms with Gasteiger partial charge in [0.15, 0.2) is 32.8 Å². The Morgan fingerprint density at radius 1 is 1.09 bits per heavy atom. The largest absolute Gasteiger partial charge is 0.477 e. The van der Waals surface area contributed by atoms with Crippen molar-refractivity contribution in [2.45, 2.75) is 17.2 Å². The molecule has 0 bridgehead atoms. The van der Waals surface area contributed by atoms with Crippen LogP contribution in [0.15, 0.2) is 59.6 Å². The third-order valence-corrected chi connectivity index (χ3v) is 6.98. The normalized spacial score (nSPS) is 11.5. The van der Waals surface area contributed by atoms with Gasteiger partial charge < -0.3 is 10.4 Å². The highest BCUT2D eigenvalue weighted by molar-refractivity contribution is 7.90. The van der Waals surface area contributed by atoms with Crippen molar-refractivity contribution in [1.82, 2.24) is 19.9 Å². The molecule has 180 valence electrons. The Morgan fingerprint density at radius 3 is 2.51 bits per heavy atom. The number of fused-ring (bicyclic) bond motifs is 1. The first-order valence-electron chi connectivity index (χ1n) is 9.87. The van der Waals surface area contributed by atoms with E-state index in [1.165, 1.54) is 18.2 Å². The average molecular weight is 521 g/mol. The molecule has 4 aromatic rings. The van der Waals surface area contributed by atoms with Crippen LogP contribution in [0.4, 0.5) is 8.78 Å². The summed E-state index contributed by atoms with van der Waals surface area (Å²) in [4.78, 5) is 28.1. The first-order chi connectivity index (χ1) is 16.6. The van der Waals surface area contributed by atoms with Crippen LogP contribution < -0.4 is 5.32 Å². The Bertz CT molecular complexity index is 1590. The van der Waals surface area contributed by atoms with Gasteiger partial charge in [0.2, 0.25) is 0 Å². The average Bonchev–Trinajstić information content (AvgIpc) is 3.25. The van der Waals surface area contributed by atoms with Crippen molar-refractivity contribution in [2.75, 3.05) is 0 Å². The first-order valence-corrected chi connectivity index (χ1v) is 11.9. The molecule has 0 atom stereocenters. The summed E-state index contributed by atoms with van der Waals surface area (Å²) in [7, 11) is -4.10. The minimum Gasteiger partial charge on any atom is -0.477 e. The Kier molecular flexibility index (Phi) is 6.50. The number of hydrogen-bond donors (Lipinski definition) is 2. The van der Waals surface area contributed by atoms with Gasteiger partial charge in [-0.3, -0.25) is 4.79 Å². The number of aromatic carboxylic acids is 1. The fraction of sp³-hybridized carbons (Fsp3) is 0.0909. The lowest BCUT2D eigenvalue weighted by Gasteiger charge is -2.09. The molecule has 35 heavy (non-hydrogen) atoms. The van der Waals surface area contributed by atoms with Gasteiger partial charge in [-0.2, -0.15) is 5.10 Å². The number of carbonyl (C=O) groups excluding carboxylic acids is 1. The molecule has 4 rings (SSSR count). The van der Waals surface area contributed by atoms with Crippen LogP contribution in [0.1, 0.15) is 32.1 Å². The first kappa shape index (κ1) is 24.2. The van der Waals surface area contributed by atoms with E-state index < -0.39 is 55.4 Å². The molecule has 0 saturated heterocycles. The van der Waals surface area contributed by atoms with Gasteiger partial charge in [-0.15, -0.1) is 0 Å². The quantitative estimate of drug-likeness (QED) is 0.382. The Morgan fingerprint density at radius 2 is 1.83 bits per heavy atom. The minimum atomic E-state index is -4.10. The van der Waals surface area contributed by atoms with E-state index in [-0.39, 0.29) is 22.8 Å². The second-order valence-corrected chi connectivity index (χ2v) is 9.72. The van der Waals surface area contributed by atoms with E-state index in [1.807, 2.05) is 0 Å². The number of carboxylic acids is 1. The number of aromatic nitrogens is 3. The second kappa shape index (κ2) is 9.39. The number of hydrogen-bond acceptors (Lipinski definition) is 6. The standard InChI is InChI=1S/C22H15ClF2N4O5S/c23-14-4-2-1-3-13(14)11-35(33,34)19-10-27-29-18(22(31)32)8-17(28-20(19)29)21(30)26-9-12-5-6-15(24)16(25)7-12/h1-8,10H,9,11H2,(H,26,30)(H,31,32). The highest BCUT2D eigenvalue weighted by atomic mass is 35.5. The van der Waals surface area contributed by atoms with Gasteiger partial charge >= 0.3 is 5.97 Å². The summed E-state index contributed by atoms with van der Waals surface area (Å²) >= 11 is 6.07. The molecule has 0 aliphatic rings. The van der Waals surface area contributed by atoms with Crippen LogP contribution in [0.25, 0.3) is 5.65 Å². The number of sulfone groups is 1. The lowest BCUT2D eigenvalue weighted by molar-refractivity contribution is 0.0687. The molecule has 2 aromatic carbocycles. The Balaban J connectivity index is 1.71. The maximum Gasteiger partial charge on any atom is 0.354 e. The van der Waals surface area contributed by atoms with Crippen molar-refractivity contribution in [3.8, 4) is 0 Å². The van der Waals surface area contributed by atoms with Crippen molar-refractivity contribution in [3.63, 3.8) is 0 Å². The number of carbonyl (C=O) groups is 2. The highest BCUT2D eigenvalue weighted by Crippen LogP contribution is 2.25. The summed E-state index contributed by atoms with van der Waals surface area (Å²) in [6.07, 6.45) is 0.948. The van der Waals surface area contributed by atoms with E-state index in [0.717, 1.165) is 28.9 Å². The molecular weight excluding hydrogens is 506 g/mol. The molecule has 2 N–H and O–H groups in total. The van der Waals surface area contributed by atoms with Crippen molar-refractivity contribution >= 4 is 39.0 Å². The van der Waals surface area contributed by atoms with Crippen LogP contribution in [-0.2, 0) is 22.1 Å². The molecule has 0 aliphatic carbocycles. The van der Waals surface area contributed by atoms with E-state index in [2.05, 4.69) is 15.4 Å². The fourth-order valence-corrected chi connectivity index (χ4v) is 4.97. The third kappa shape index (κ3) is 4.98. The maximum absolute atomic E-state index is 13.4. The number of amides is 1. The minimum absolute atomic E-state index is 0.220. The van der Waals surface area contributed by atoms with E-state index in [4.69, 9.17) is 11.6 Å². The van der Waals surface area contributed by atoms with Crippen molar-refractivity contribution < 1.29 is 31.9 Å². The van der Waals surface area contributed by atoms with Gasteiger partial charge in [0.25, 0.3) is 5.91 Å². The van der Waals surface area contributed by atoms with E-state index in [0.29, 0.717) is 5.56 Å². The van der Waals surface area contributed by atoms with Crippen LogP contribution >= 0.6 is 11.6 Å². The molecular formula is C22H15ClF2N4O5S. The zero-order valence-corrected chi connectivity index (χ0v) is 19.1. The topological polar surface area (TPSA) is 131 Å². The SMILES string of the molecule is O=C(NCc1ccc(F)c(F)c1)c1cc(C(=O)O)n2ncc(S(=O)(=O)Cc3ccccc3Cl)c2n1. The maximum atomic E-state index is 13.4. The zero-order valence-electron chi connectivity index (χ0n) is 17.6. The molecule has 13 heteroatoms. The molecule has 0 unspecified atom stereocenters. The van der Waals surface area contributed by atoms with Gasteiger partial charge in [-0.05, 0) is 29.3 Å². The summed E-state index contributed by atoms with van der Waals surface area (Å²) in [5, 5.41) is 16.0. The lowest BCUT2D eigenvalue weighted by Crippen LogP contribution is -2.25. The van der Waals surface area contributed by atoms with Crippen LogP contribution in [-0.4, -0.2) is 40.0 Å². The van der Waals surface area contributed by atoms with Gasteiger partial charge in [0, 0.05) is 17.6 Å². The number of benzene rings is 2. The molecule has 9 nitrogen and oxygen atoms in total. The number of rotatable bonds is 7. The van der Waals surface area contributed by atoms with Crippen LogP contribution in [0.2, 0.25) is 5.02 Å². The predicted octanol–water partition coefficient (Wildman–Crippen LogP) is 3.26. The third-order valence-electron chi connectivity index (χ3n) is 4.97. The summed E-state index contributed by atoms with van der Waals surface area (Å²) in [6.45, 7) is -0.220. The smallest absolute Gasteiger partial charge is 0.354 e. The molecule has 2 aromatic heterocycles. The molecule has 0 aliphatic heterocycles. The molecule has 0 spiro atoms. The van der Waals surface area contributed by atoms with Crippen molar-refractivity contribution in [3.05, 3.63) is 93.9 Å². The summed E-state index contributed by atoms with van der Waals surface area (Å²) < 4.78 is 53.5. The molecule has 2 heterocycles. The number of halogens is 3. The molecule has 0 radical (unpaired) electrons. The van der Waals surface area contributed by atoms with Gasteiger partial charge in [-0.25, -0.2) is 31.5 Å². The summed E-state index contributed by atoms with van der Waals surface area (Å²) in [6, 6.07) is 10.3. The number of nitrogens with zero attached hydrogens (tertiary/aromatic N) is 3. The van der Waals surface area contributed by atoms with Crippen LogP contribution in [0.5, 0.6) is 0 Å². The molecule has 1 amide bonds. The van der Waals surface area contributed by atoms with E-state index >= 15 is 0 Å². The Labute approximate surface area is 201 Å². The van der Waals surface area contributed by atoms with Gasteiger partial charge in [0.05, 0.1) is 11.9 Å². The van der Waals surface area contributed by atoms with Crippen molar-refractivity contribution in [1.29, 1.82) is 0 Å². The summed E-state index contributed by atoms with van der Waals surface area (Å²) in [5.41, 5.74) is -0.731. The lowest BCUT2D eigenvalue weighted by atomic mass is 10.2. The monoisotopic (exact) mass is 520 g/mol. The van der Waals surface area contributed by atoms with Crippen molar-refractivity contribution in [2.24, 2.45) is 0 Å². The molecule has 0 saturated carbocycles. The van der Waals surface area contributed by atoms with Gasteiger partial charge in [0.1, 0.15) is 10.6 Å².